The second-order valence-electron chi connectivity index (χ2n) is 8.31. The highest BCUT2D eigenvalue weighted by molar-refractivity contribution is 5.97. The molecular weight excluding hydrogens is 370 g/mol. The second kappa shape index (κ2) is 9.27. The van der Waals surface area contributed by atoms with Crippen LogP contribution in [0.4, 0.5) is 0 Å². The number of ketones is 1. The molecule has 0 bridgehead atoms. The summed E-state index contributed by atoms with van der Waals surface area (Å²) in [4.78, 5) is 14.9. The summed E-state index contributed by atoms with van der Waals surface area (Å²) in [6, 6.07) is 24.4. The molecule has 1 saturated heterocycles. The average Bonchev–Trinajstić information content (AvgIpc) is 2.76. The minimum absolute atomic E-state index is 0.154. The van der Waals surface area contributed by atoms with E-state index in [-0.39, 0.29) is 5.78 Å². The van der Waals surface area contributed by atoms with Crippen molar-refractivity contribution in [2.45, 2.75) is 32.3 Å². The highest BCUT2D eigenvalue weighted by Gasteiger charge is 2.17. The number of carbonyl (C=O) groups excluding carboxylic acids is 1. The number of benzene rings is 3. The van der Waals surface area contributed by atoms with Gasteiger partial charge in [0.2, 0.25) is 0 Å². The van der Waals surface area contributed by atoms with Crippen LogP contribution in [0.2, 0.25) is 0 Å². The fraction of sp³-hybridized carbons (Fsp3) is 0.296. The lowest BCUT2D eigenvalue weighted by molar-refractivity contribution is 0.0993. The minimum atomic E-state index is 0.154. The Balaban J connectivity index is 1.37. The Morgan fingerprint density at radius 1 is 0.933 bits per heavy atom. The van der Waals surface area contributed by atoms with Crippen LogP contribution in [0, 0.1) is 6.92 Å². The fourth-order valence-electron chi connectivity index (χ4n) is 3.94. The predicted octanol–water partition coefficient (Wildman–Crippen LogP) is 5.56. The molecule has 3 nitrogen and oxygen atoms in total. The number of hydrogen-bond acceptors (Lipinski definition) is 3. The zero-order valence-corrected chi connectivity index (χ0v) is 17.8. The van der Waals surface area contributed by atoms with Crippen molar-refractivity contribution in [1.29, 1.82) is 0 Å². The molecule has 154 valence electrons. The van der Waals surface area contributed by atoms with E-state index in [1.165, 1.54) is 0 Å². The molecule has 30 heavy (non-hydrogen) atoms. The Hall–Kier alpha value is -2.91. The highest BCUT2D eigenvalue weighted by atomic mass is 16.5. The molecule has 0 spiro atoms. The first-order chi connectivity index (χ1) is 14.6. The van der Waals surface area contributed by atoms with Gasteiger partial charge in [-0.3, -0.25) is 4.79 Å². The monoisotopic (exact) mass is 399 g/mol. The molecule has 3 heteroatoms. The minimum Gasteiger partial charge on any atom is -0.490 e. The van der Waals surface area contributed by atoms with Crippen molar-refractivity contribution in [1.82, 2.24) is 4.90 Å². The van der Waals surface area contributed by atoms with E-state index < -0.39 is 0 Å². The van der Waals surface area contributed by atoms with Gasteiger partial charge >= 0.3 is 0 Å². The van der Waals surface area contributed by atoms with Gasteiger partial charge in [0.05, 0.1) is 0 Å². The quantitative estimate of drug-likeness (QED) is 0.508. The molecule has 0 atom stereocenters. The van der Waals surface area contributed by atoms with Crippen molar-refractivity contribution in [2.24, 2.45) is 0 Å². The second-order valence-corrected chi connectivity index (χ2v) is 8.31. The van der Waals surface area contributed by atoms with Crippen LogP contribution in [0.5, 0.6) is 5.75 Å². The van der Waals surface area contributed by atoms with Gasteiger partial charge in [-0.05, 0) is 61.7 Å². The normalized spacial score (nSPS) is 15.1. The smallest absolute Gasteiger partial charge is 0.167 e. The van der Waals surface area contributed by atoms with Crippen molar-refractivity contribution < 1.29 is 9.53 Å². The number of aryl methyl sites for hydroxylation is 1. The van der Waals surface area contributed by atoms with Crippen LogP contribution >= 0.6 is 0 Å². The van der Waals surface area contributed by atoms with Gasteiger partial charge in [-0.1, -0.05) is 60.2 Å². The summed E-state index contributed by atoms with van der Waals surface area (Å²) in [5.41, 5.74) is 5.22. The first-order valence-electron chi connectivity index (χ1n) is 10.7. The summed E-state index contributed by atoms with van der Waals surface area (Å²) in [6.07, 6.45) is 2.91. The molecule has 0 unspecified atom stereocenters. The molecule has 0 radical (unpaired) electrons. The largest absolute Gasteiger partial charge is 0.490 e. The van der Waals surface area contributed by atoms with Crippen molar-refractivity contribution in [2.75, 3.05) is 20.1 Å². The Bertz CT molecular complexity index is 984. The number of Topliss-reactive ketones (excluding diaryl/α,β-unsaturated/α-hetero) is 1. The zero-order chi connectivity index (χ0) is 20.9. The number of carbonyl (C=O) groups is 1. The van der Waals surface area contributed by atoms with Gasteiger partial charge in [0.15, 0.2) is 5.78 Å². The van der Waals surface area contributed by atoms with E-state index in [1.54, 1.807) is 0 Å². The third kappa shape index (κ3) is 5.17. The SMILES string of the molecule is Cc1cccc(C(=O)Cc2ccc(-c3ccc(OC4CCN(C)CC4)cc3)cc2)c1. The molecule has 0 N–H and O–H groups in total. The van der Waals surface area contributed by atoms with E-state index in [0.717, 1.165) is 59.5 Å². The molecule has 0 amide bonds. The van der Waals surface area contributed by atoms with E-state index in [9.17, 15) is 4.79 Å². The Labute approximate surface area is 179 Å². The van der Waals surface area contributed by atoms with Crippen molar-refractivity contribution in [3.05, 3.63) is 89.5 Å². The van der Waals surface area contributed by atoms with Crippen molar-refractivity contribution >= 4 is 5.78 Å². The highest BCUT2D eigenvalue weighted by Crippen LogP contribution is 2.25. The van der Waals surface area contributed by atoms with Gasteiger partial charge in [0, 0.05) is 25.1 Å². The van der Waals surface area contributed by atoms with Crippen LogP contribution in [0.1, 0.15) is 34.3 Å². The summed E-state index contributed by atoms with van der Waals surface area (Å²) in [6.45, 7) is 4.21. The number of nitrogens with zero attached hydrogens (tertiary/aromatic N) is 1. The van der Waals surface area contributed by atoms with Gasteiger partial charge in [0.25, 0.3) is 0 Å². The van der Waals surface area contributed by atoms with Crippen LogP contribution in [0.3, 0.4) is 0 Å². The maximum absolute atomic E-state index is 12.5. The van der Waals surface area contributed by atoms with E-state index in [4.69, 9.17) is 4.74 Å². The molecule has 0 saturated carbocycles. The molecule has 1 heterocycles. The van der Waals surface area contributed by atoms with Crippen LogP contribution in [-0.2, 0) is 6.42 Å². The van der Waals surface area contributed by atoms with Gasteiger partial charge in [-0.15, -0.1) is 0 Å². The van der Waals surface area contributed by atoms with E-state index in [0.29, 0.717) is 12.5 Å². The molecular formula is C27H29NO2. The third-order valence-corrected chi connectivity index (χ3v) is 5.81. The maximum Gasteiger partial charge on any atom is 0.167 e. The van der Waals surface area contributed by atoms with Crippen LogP contribution in [-0.4, -0.2) is 36.9 Å². The lowest BCUT2D eigenvalue weighted by atomic mass is 9.99. The number of rotatable bonds is 6. The lowest BCUT2D eigenvalue weighted by Crippen LogP contribution is -2.35. The summed E-state index contributed by atoms with van der Waals surface area (Å²) >= 11 is 0. The summed E-state index contributed by atoms with van der Waals surface area (Å²) in [5, 5.41) is 0. The summed E-state index contributed by atoms with van der Waals surface area (Å²) in [7, 11) is 2.16. The molecule has 0 aromatic heterocycles. The van der Waals surface area contributed by atoms with E-state index in [2.05, 4.69) is 48.3 Å². The molecule has 1 aliphatic rings. The van der Waals surface area contributed by atoms with Crippen molar-refractivity contribution in [3.63, 3.8) is 0 Å². The number of hydrogen-bond donors (Lipinski definition) is 0. The van der Waals surface area contributed by atoms with Gasteiger partial charge in [-0.2, -0.15) is 0 Å². The first kappa shape index (κ1) is 20.4. The van der Waals surface area contributed by atoms with Crippen LogP contribution in [0.25, 0.3) is 11.1 Å². The molecule has 1 aliphatic heterocycles. The number of piperidine rings is 1. The third-order valence-electron chi connectivity index (χ3n) is 5.81. The average molecular weight is 400 g/mol. The van der Waals surface area contributed by atoms with Gasteiger partial charge in [-0.25, -0.2) is 0 Å². The molecule has 3 aromatic carbocycles. The fourth-order valence-corrected chi connectivity index (χ4v) is 3.94. The number of ether oxygens (including phenoxy) is 1. The predicted molar refractivity (Wildman–Crippen MR) is 122 cm³/mol. The lowest BCUT2D eigenvalue weighted by Gasteiger charge is -2.29. The van der Waals surface area contributed by atoms with Crippen LogP contribution < -0.4 is 4.74 Å². The van der Waals surface area contributed by atoms with Gasteiger partial charge < -0.3 is 9.64 Å². The molecule has 0 aliphatic carbocycles. The summed E-state index contributed by atoms with van der Waals surface area (Å²) in [5.74, 6) is 1.09. The summed E-state index contributed by atoms with van der Waals surface area (Å²) < 4.78 is 6.14. The topological polar surface area (TPSA) is 29.5 Å². The molecule has 3 aromatic rings. The van der Waals surface area contributed by atoms with E-state index in [1.807, 2.05) is 43.3 Å². The molecule has 1 fully saturated rings. The standard InChI is InChI=1S/C27H29NO2/c1-20-4-3-5-24(18-20)27(29)19-21-6-8-22(9-7-21)23-10-12-25(13-11-23)30-26-14-16-28(2)17-15-26/h3-13,18,26H,14-17,19H2,1-2H3. The molecule has 4 rings (SSSR count). The van der Waals surface area contributed by atoms with Gasteiger partial charge in [0.1, 0.15) is 11.9 Å². The number of likely N-dealkylation sites (tertiary alicyclic amines) is 1. The van der Waals surface area contributed by atoms with E-state index >= 15 is 0 Å². The van der Waals surface area contributed by atoms with Crippen molar-refractivity contribution in [3.8, 4) is 16.9 Å². The Morgan fingerprint density at radius 2 is 1.57 bits per heavy atom. The Kier molecular flexibility index (Phi) is 6.29. The zero-order valence-electron chi connectivity index (χ0n) is 17.8. The van der Waals surface area contributed by atoms with Crippen LogP contribution in [0.15, 0.2) is 72.8 Å². The maximum atomic E-state index is 12.5. The Morgan fingerprint density at radius 3 is 2.20 bits per heavy atom. The first-order valence-corrected chi connectivity index (χ1v) is 10.7.